The lowest BCUT2D eigenvalue weighted by atomic mass is 9.80. The number of carbonyl (C=O) groups excluding carboxylic acids is 1. The fourth-order valence-electron chi connectivity index (χ4n) is 2.09. The first-order valence-corrected chi connectivity index (χ1v) is 6.78. The minimum absolute atomic E-state index is 0.123. The van der Waals surface area contributed by atoms with Crippen molar-refractivity contribution in [3.63, 3.8) is 0 Å². The van der Waals surface area contributed by atoms with Gasteiger partial charge in [0.05, 0.1) is 6.04 Å². The second-order valence-corrected chi connectivity index (χ2v) is 6.40. The Morgan fingerprint density at radius 3 is 2.45 bits per heavy atom. The smallest absolute Gasteiger partial charge is 0.446 e. The number of nitrogens with one attached hydrogen (secondary N) is 1. The van der Waals surface area contributed by atoms with Crippen molar-refractivity contribution in [3.8, 4) is 0 Å². The minimum atomic E-state index is -4.30. The van der Waals surface area contributed by atoms with E-state index in [0.29, 0.717) is 0 Å². The Balaban J connectivity index is 2.18. The maximum atomic E-state index is 12.3. The van der Waals surface area contributed by atoms with Crippen molar-refractivity contribution in [1.29, 1.82) is 0 Å². The van der Waals surface area contributed by atoms with Gasteiger partial charge in [-0.25, -0.2) is 4.79 Å². The van der Waals surface area contributed by atoms with Gasteiger partial charge in [0.1, 0.15) is 6.61 Å². The molecule has 1 fully saturated rings. The van der Waals surface area contributed by atoms with E-state index in [1.807, 2.05) is 13.8 Å². The monoisotopic (exact) mass is 305 g/mol. The van der Waals surface area contributed by atoms with E-state index in [2.05, 4.69) is 5.32 Å². The average Bonchev–Trinajstić information content (AvgIpc) is 2.32. The van der Waals surface area contributed by atoms with E-state index in [4.69, 9.17) is 4.74 Å². The van der Waals surface area contributed by atoms with E-state index in [0.717, 1.165) is 5.56 Å². The molecule has 2 rings (SSSR count). The predicted molar refractivity (Wildman–Crippen MR) is 69.4 cm³/mol. The number of alkyl halides is 3. The molecule has 20 heavy (non-hydrogen) atoms. The number of cyclic esters (lactones) is 1. The zero-order valence-electron chi connectivity index (χ0n) is 11.0. The molecule has 1 heterocycles. The molecule has 0 unspecified atom stereocenters. The number of ether oxygens (including phenoxy) is 1. The van der Waals surface area contributed by atoms with Crippen LogP contribution in [0.3, 0.4) is 0 Å². The molecule has 1 N–H and O–H groups in total. The molecule has 0 saturated carbocycles. The van der Waals surface area contributed by atoms with Crippen molar-refractivity contribution in [2.75, 3.05) is 6.61 Å². The number of benzene rings is 1. The van der Waals surface area contributed by atoms with Crippen LogP contribution >= 0.6 is 11.8 Å². The largest absolute Gasteiger partial charge is 0.449 e. The van der Waals surface area contributed by atoms with Crippen molar-refractivity contribution in [3.05, 3.63) is 29.8 Å². The Bertz CT molecular complexity index is 499. The number of alkyl carbamates (subject to hydrolysis) is 1. The van der Waals surface area contributed by atoms with Crippen LogP contribution in [-0.4, -0.2) is 18.2 Å². The van der Waals surface area contributed by atoms with Gasteiger partial charge in [-0.1, -0.05) is 26.0 Å². The second-order valence-electron chi connectivity index (χ2n) is 5.26. The first-order chi connectivity index (χ1) is 9.17. The van der Waals surface area contributed by atoms with Crippen molar-refractivity contribution in [1.82, 2.24) is 5.32 Å². The fraction of sp³-hybridized carbons (Fsp3) is 0.462. The summed E-state index contributed by atoms with van der Waals surface area (Å²) in [6, 6.07) is 5.74. The summed E-state index contributed by atoms with van der Waals surface area (Å²) >= 11 is -0.155. The Kier molecular flexibility index (Phi) is 3.90. The Labute approximate surface area is 118 Å². The fourth-order valence-corrected chi connectivity index (χ4v) is 2.63. The molecule has 0 aliphatic carbocycles. The maximum absolute atomic E-state index is 12.3. The Morgan fingerprint density at radius 1 is 1.30 bits per heavy atom. The molecule has 3 nitrogen and oxygen atoms in total. The Morgan fingerprint density at radius 2 is 1.90 bits per heavy atom. The van der Waals surface area contributed by atoms with Crippen molar-refractivity contribution in [2.24, 2.45) is 5.41 Å². The van der Waals surface area contributed by atoms with Gasteiger partial charge < -0.3 is 10.1 Å². The van der Waals surface area contributed by atoms with Crippen LogP contribution in [0.2, 0.25) is 0 Å². The topological polar surface area (TPSA) is 38.3 Å². The van der Waals surface area contributed by atoms with Gasteiger partial charge in [-0.15, -0.1) is 0 Å². The molecule has 0 bridgehead atoms. The molecule has 1 amide bonds. The van der Waals surface area contributed by atoms with Crippen LogP contribution in [0.4, 0.5) is 18.0 Å². The van der Waals surface area contributed by atoms with E-state index in [9.17, 15) is 18.0 Å². The summed E-state index contributed by atoms with van der Waals surface area (Å²) in [6.07, 6.45) is -0.511. The van der Waals surface area contributed by atoms with Gasteiger partial charge in [0.25, 0.3) is 0 Å². The number of carbonyl (C=O) groups is 1. The quantitative estimate of drug-likeness (QED) is 0.836. The van der Waals surface area contributed by atoms with Crippen molar-refractivity contribution < 1.29 is 22.7 Å². The summed E-state index contributed by atoms with van der Waals surface area (Å²) in [5.74, 6) is 0. The number of rotatable bonds is 2. The molecule has 1 saturated heterocycles. The van der Waals surface area contributed by atoms with E-state index in [1.165, 1.54) is 12.1 Å². The van der Waals surface area contributed by atoms with Crippen LogP contribution in [-0.2, 0) is 4.74 Å². The second kappa shape index (κ2) is 5.20. The van der Waals surface area contributed by atoms with Crippen LogP contribution < -0.4 is 5.32 Å². The van der Waals surface area contributed by atoms with Crippen LogP contribution in [0.25, 0.3) is 0 Å². The number of amides is 1. The van der Waals surface area contributed by atoms with Crippen LogP contribution in [0, 0.1) is 5.41 Å². The number of hydrogen-bond acceptors (Lipinski definition) is 3. The highest BCUT2D eigenvalue weighted by Crippen LogP contribution is 2.39. The number of thioether (sulfide) groups is 1. The molecular formula is C13H14F3NO2S. The molecule has 1 aromatic rings. The lowest BCUT2D eigenvalue weighted by Crippen LogP contribution is -2.46. The molecule has 0 aromatic heterocycles. The predicted octanol–water partition coefficient (Wildman–Crippen LogP) is 4.11. The Hall–Kier alpha value is -1.37. The number of halogens is 3. The van der Waals surface area contributed by atoms with Crippen LogP contribution in [0.1, 0.15) is 25.5 Å². The standard InChI is InChI=1S/C13H14F3NO2S/c1-12(2)7-19-11(18)17-10(12)8-3-5-9(6-4-8)20-13(14,15)16/h3-6,10H,7H2,1-2H3,(H,17,18)/t10-/m0/s1. The maximum Gasteiger partial charge on any atom is 0.446 e. The highest BCUT2D eigenvalue weighted by Gasteiger charge is 2.38. The molecule has 1 aliphatic rings. The zero-order chi connectivity index (χ0) is 15.0. The van der Waals surface area contributed by atoms with Gasteiger partial charge in [-0.3, -0.25) is 0 Å². The van der Waals surface area contributed by atoms with Gasteiger partial charge in [-0.05, 0) is 29.5 Å². The average molecular weight is 305 g/mol. The minimum Gasteiger partial charge on any atom is -0.449 e. The third-order valence-electron chi connectivity index (χ3n) is 3.07. The summed E-state index contributed by atoms with van der Waals surface area (Å²) < 4.78 is 41.7. The molecule has 1 atom stereocenters. The van der Waals surface area contributed by atoms with Gasteiger partial charge in [-0.2, -0.15) is 13.2 Å². The number of hydrogen-bond donors (Lipinski definition) is 1. The van der Waals surface area contributed by atoms with Gasteiger partial charge in [0.2, 0.25) is 0 Å². The van der Waals surface area contributed by atoms with E-state index in [-0.39, 0.29) is 34.7 Å². The van der Waals surface area contributed by atoms with E-state index in [1.54, 1.807) is 12.1 Å². The summed E-state index contributed by atoms with van der Waals surface area (Å²) in [7, 11) is 0. The van der Waals surface area contributed by atoms with Crippen LogP contribution in [0.15, 0.2) is 29.2 Å². The summed E-state index contributed by atoms with van der Waals surface area (Å²) in [4.78, 5) is 11.4. The first-order valence-electron chi connectivity index (χ1n) is 5.96. The summed E-state index contributed by atoms with van der Waals surface area (Å²) in [5, 5.41) is 2.70. The summed E-state index contributed by atoms with van der Waals surface area (Å²) in [6.45, 7) is 4.12. The molecule has 1 aliphatic heterocycles. The third-order valence-corrected chi connectivity index (χ3v) is 3.81. The van der Waals surface area contributed by atoms with Crippen molar-refractivity contribution in [2.45, 2.75) is 30.3 Å². The van der Waals surface area contributed by atoms with Gasteiger partial charge >= 0.3 is 11.6 Å². The molecule has 110 valence electrons. The molecule has 0 radical (unpaired) electrons. The van der Waals surface area contributed by atoms with Crippen LogP contribution in [0.5, 0.6) is 0 Å². The van der Waals surface area contributed by atoms with Gasteiger partial charge in [0.15, 0.2) is 0 Å². The zero-order valence-corrected chi connectivity index (χ0v) is 11.8. The lowest BCUT2D eigenvalue weighted by Gasteiger charge is -2.38. The van der Waals surface area contributed by atoms with Crippen molar-refractivity contribution >= 4 is 17.9 Å². The molecule has 7 heteroatoms. The third kappa shape index (κ3) is 3.59. The van der Waals surface area contributed by atoms with E-state index < -0.39 is 11.6 Å². The molecular weight excluding hydrogens is 291 g/mol. The molecule has 0 spiro atoms. The highest BCUT2D eigenvalue weighted by atomic mass is 32.2. The lowest BCUT2D eigenvalue weighted by molar-refractivity contribution is -0.0328. The normalized spacial score (nSPS) is 22.1. The highest BCUT2D eigenvalue weighted by molar-refractivity contribution is 8.00. The van der Waals surface area contributed by atoms with E-state index >= 15 is 0 Å². The van der Waals surface area contributed by atoms with Gasteiger partial charge in [0, 0.05) is 10.3 Å². The SMILES string of the molecule is CC1(C)COC(=O)N[C@H]1c1ccc(SC(F)(F)F)cc1. The summed E-state index contributed by atoms with van der Waals surface area (Å²) in [5.41, 5.74) is -3.86. The first kappa shape index (κ1) is 15.0. The molecule has 1 aromatic carbocycles.